The number of H-pyrrole nitrogens is 1. The Morgan fingerprint density at radius 2 is 1.87 bits per heavy atom. The molecule has 23 heavy (non-hydrogen) atoms. The van der Waals surface area contributed by atoms with Crippen LogP contribution in [0.1, 0.15) is 6.42 Å². The highest BCUT2D eigenvalue weighted by molar-refractivity contribution is 5.77. The van der Waals surface area contributed by atoms with E-state index in [9.17, 15) is 8.78 Å². The molecule has 1 aliphatic rings. The van der Waals surface area contributed by atoms with Gasteiger partial charge in [0.2, 0.25) is 5.95 Å². The first-order valence-corrected chi connectivity index (χ1v) is 7.61. The lowest BCUT2D eigenvalue weighted by molar-refractivity contribution is 0.577. The normalized spacial score (nSPS) is 17.8. The molecule has 0 radical (unpaired) electrons. The van der Waals surface area contributed by atoms with E-state index < -0.39 is 11.6 Å². The second-order valence-corrected chi connectivity index (χ2v) is 5.75. The minimum atomic E-state index is -0.519. The van der Waals surface area contributed by atoms with Gasteiger partial charge in [-0.3, -0.25) is 0 Å². The molecule has 4 rings (SSSR count). The van der Waals surface area contributed by atoms with Gasteiger partial charge in [0.25, 0.3) is 0 Å². The van der Waals surface area contributed by atoms with Crippen molar-refractivity contribution in [2.75, 3.05) is 23.3 Å². The number of nitrogens with one attached hydrogen (secondary N) is 2. The molecular weight excluding hydrogens is 298 g/mol. The zero-order valence-corrected chi connectivity index (χ0v) is 12.4. The van der Waals surface area contributed by atoms with E-state index in [-0.39, 0.29) is 11.7 Å². The van der Waals surface area contributed by atoms with Crippen LogP contribution in [-0.2, 0) is 0 Å². The van der Waals surface area contributed by atoms with Gasteiger partial charge in [-0.1, -0.05) is 18.2 Å². The Labute approximate surface area is 132 Å². The summed E-state index contributed by atoms with van der Waals surface area (Å²) in [5.41, 5.74) is 1.91. The monoisotopic (exact) mass is 314 g/mol. The highest BCUT2D eigenvalue weighted by atomic mass is 19.1. The Morgan fingerprint density at radius 1 is 1.09 bits per heavy atom. The summed E-state index contributed by atoms with van der Waals surface area (Å²) in [4.78, 5) is 9.43. The van der Waals surface area contributed by atoms with Gasteiger partial charge in [-0.2, -0.15) is 0 Å². The summed E-state index contributed by atoms with van der Waals surface area (Å²) in [5.74, 6) is -0.351. The Balaban J connectivity index is 1.50. The van der Waals surface area contributed by atoms with Gasteiger partial charge in [0.05, 0.1) is 11.0 Å². The van der Waals surface area contributed by atoms with Gasteiger partial charge >= 0.3 is 0 Å². The van der Waals surface area contributed by atoms with Gasteiger partial charge in [0.1, 0.15) is 17.3 Å². The highest BCUT2D eigenvalue weighted by Crippen LogP contribution is 2.27. The first-order valence-electron chi connectivity index (χ1n) is 7.61. The fourth-order valence-electron chi connectivity index (χ4n) is 3.09. The third-order valence-corrected chi connectivity index (χ3v) is 4.17. The van der Waals surface area contributed by atoms with E-state index in [1.165, 1.54) is 18.2 Å². The summed E-state index contributed by atoms with van der Waals surface area (Å²) < 4.78 is 27.8. The second-order valence-electron chi connectivity index (χ2n) is 5.75. The molecule has 118 valence electrons. The predicted molar refractivity (Wildman–Crippen MR) is 86.7 cm³/mol. The SMILES string of the molecule is Fc1cccc(F)c1N1CCC(Nc2nc3ccccc3[nH]2)C1. The van der Waals surface area contributed by atoms with Gasteiger partial charge < -0.3 is 15.2 Å². The molecule has 1 aliphatic heterocycles. The molecule has 6 heteroatoms. The molecule has 1 unspecified atom stereocenters. The molecule has 2 aromatic carbocycles. The highest BCUT2D eigenvalue weighted by Gasteiger charge is 2.27. The van der Waals surface area contributed by atoms with Crippen LogP contribution in [0.25, 0.3) is 11.0 Å². The Hall–Kier alpha value is -2.63. The topological polar surface area (TPSA) is 44.0 Å². The predicted octanol–water partition coefficient (Wildman–Crippen LogP) is 3.53. The number of para-hydroxylation sites is 3. The van der Waals surface area contributed by atoms with Gasteiger partial charge in [0.15, 0.2) is 0 Å². The Bertz CT molecular complexity index is 792. The number of rotatable bonds is 3. The molecule has 0 aliphatic carbocycles. The lowest BCUT2D eigenvalue weighted by atomic mass is 10.2. The summed E-state index contributed by atoms with van der Waals surface area (Å²) in [6, 6.07) is 11.8. The van der Waals surface area contributed by atoms with Crippen molar-refractivity contribution in [3.63, 3.8) is 0 Å². The summed E-state index contributed by atoms with van der Waals surface area (Å²) in [7, 11) is 0. The molecule has 1 fully saturated rings. The largest absolute Gasteiger partial charge is 0.365 e. The van der Waals surface area contributed by atoms with E-state index in [4.69, 9.17) is 0 Å². The van der Waals surface area contributed by atoms with Gasteiger partial charge in [0, 0.05) is 19.1 Å². The molecule has 2 N–H and O–H groups in total. The van der Waals surface area contributed by atoms with Crippen LogP contribution in [0, 0.1) is 11.6 Å². The van der Waals surface area contributed by atoms with E-state index in [0.29, 0.717) is 19.0 Å². The molecule has 2 heterocycles. The third kappa shape index (κ3) is 2.60. The van der Waals surface area contributed by atoms with Crippen molar-refractivity contribution in [1.29, 1.82) is 0 Å². The Kier molecular flexibility index (Phi) is 3.37. The molecule has 1 atom stereocenters. The smallest absolute Gasteiger partial charge is 0.201 e. The van der Waals surface area contributed by atoms with E-state index in [2.05, 4.69) is 15.3 Å². The summed E-state index contributed by atoms with van der Waals surface area (Å²) in [5, 5.41) is 3.32. The molecule has 0 saturated carbocycles. The zero-order chi connectivity index (χ0) is 15.8. The minimum absolute atomic E-state index is 0.0569. The number of aromatic nitrogens is 2. The molecule has 4 nitrogen and oxygen atoms in total. The quantitative estimate of drug-likeness (QED) is 0.777. The first-order chi connectivity index (χ1) is 11.2. The van der Waals surface area contributed by atoms with Gasteiger partial charge in [-0.15, -0.1) is 0 Å². The van der Waals surface area contributed by atoms with Crippen LogP contribution in [0.3, 0.4) is 0 Å². The number of benzene rings is 2. The number of hydrogen-bond donors (Lipinski definition) is 2. The summed E-state index contributed by atoms with van der Waals surface area (Å²) in [6.45, 7) is 1.14. The number of fused-ring (bicyclic) bond motifs is 1. The van der Waals surface area contributed by atoms with Crippen LogP contribution in [0.2, 0.25) is 0 Å². The number of aromatic amines is 1. The lowest BCUT2D eigenvalue weighted by Gasteiger charge is -2.20. The molecule has 0 bridgehead atoms. The fourth-order valence-corrected chi connectivity index (χ4v) is 3.09. The van der Waals surface area contributed by atoms with E-state index in [1.54, 1.807) is 4.90 Å². The van der Waals surface area contributed by atoms with Crippen LogP contribution in [-0.4, -0.2) is 29.1 Å². The Morgan fingerprint density at radius 3 is 2.65 bits per heavy atom. The van der Waals surface area contributed by atoms with E-state index in [0.717, 1.165) is 17.5 Å². The maximum atomic E-state index is 13.9. The van der Waals surface area contributed by atoms with Crippen molar-refractivity contribution in [1.82, 2.24) is 9.97 Å². The van der Waals surface area contributed by atoms with Gasteiger partial charge in [-0.05, 0) is 30.7 Å². The number of halogens is 2. The number of anilines is 2. The van der Waals surface area contributed by atoms with Crippen LogP contribution in [0.15, 0.2) is 42.5 Å². The minimum Gasteiger partial charge on any atom is -0.365 e. The number of nitrogens with zero attached hydrogens (tertiary/aromatic N) is 2. The maximum absolute atomic E-state index is 13.9. The molecular formula is C17H16F2N4. The number of imidazole rings is 1. The fraction of sp³-hybridized carbons (Fsp3) is 0.235. The van der Waals surface area contributed by atoms with E-state index >= 15 is 0 Å². The van der Waals surface area contributed by atoms with Crippen molar-refractivity contribution in [3.05, 3.63) is 54.1 Å². The molecule has 3 aromatic rings. The zero-order valence-electron chi connectivity index (χ0n) is 12.4. The second kappa shape index (κ2) is 5.53. The summed E-state index contributed by atoms with van der Waals surface area (Å²) >= 11 is 0. The van der Waals surface area contributed by atoms with Crippen LogP contribution in [0.5, 0.6) is 0 Å². The van der Waals surface area contributed by atoms with Crippen LogP contribution < -0.4 is 10.2 Å². The average Bonchev–Trinajstić information content (AvgIpc) is 3.14. The van der Waals surface area contributed by atoms with Crippen molar-refractivity contribution in [3.8, 4) is 0 Å². The van der Waals surface area contributed by atoms with Crippen molar-refractivity contribution in [2.24, 2.45) is 0 Å². The van der Waals surface area contributed by atoms with Crippen molar-refractivity contribution < 1.29 is 8.78 Å². The van der Waals surface area contributed by atoms with Gasteiger partial charge in [-0.25, -0.2) is 13.8 Å². The first kappa shape index (κ1) is 14.0. The molecule has 1 aromatic heterocycles. The standard InChI is InChI=1S/C17H16F2N4/c18-12-4-3-5-13(19)16(12)23-9-8-11(10-23)20-17-21-14-6-1-2-7-15(14)22-17/h1-7,11H,8-10H2,(H2,20,21,22). The maximum Gasteiger partial charge on any atom is 0.201 e. The van der Waals surface area contributed by atoms with E-state index in [1.807, 2.05) is 24.3 Å². The third-order valence-electron chi connectivity index (χ3n) is 4.17. The average molecular weight is 314 g/mol. The van der Waals surface area contributed by atoms with Crippen molar-refractivity contribution in [2.45, 2.75) is 12.5 Å². The lowest BCUT2D eigenvalue weighted by Crippen LogP contribution is -2.27. The molecule has 1 saturated heterocycles. The molecule has 0 amide bonds. The summed E-state index contributed by atoms with van der Waals surface area (Å²) in [6.07, 6.45) is 0.796. The van der Waals surface area contributed by atoms with Crippen LogP contribution >= 0.6 is 0 Å². The molecule has 0 spiro atoms. The number of hydrogen-bond acceptors (Lipinski definition) is 3. The van der Waals surface area contributed by atoms with Crippen LogP contribution in [0.4, 0.5) is 20.4 Å². The van der Waals surface area contributed by atoms with Crippen molar-refractivity contribution >= 4 is 22.7 Å².